The Bertz CT molecular complexity index is 342. The summed E-state index contributed by atoms with van der Waals surface area (Å²) in [5.74, 6) is 0.360. The van der Waals surface area contributed by atoms with E-state index >= 15 is 0 Å². The van der Waals surface area contributed by atoms with E-state index in [2.05, 4.69) is 24.4 Å². The zero-order valence-electron chi connectivity index (χ0n) is 20.5. The van der Waals surface area contributed by atoms with Gasteiger partial charge in [-0.05, 0) is 51.6 Å². The molecule has 0 unspecified atom stereocenters. The SMILES string of the molecule is CCNCCCCCCCC/C=C\CCCCCCCC(COCCO)COCCO. The van der Waals surface area contributed by atoms with Gasteiger partial charge in [0, 0.05) is 5.92 Å². The van der Waals surface area contributed by atoms with Crippen LogP contribution in [0, 0.1) is 5.92 Å². The van der Waals surface area contributed by atoms with Crippen LogP contribution in [0.25, 0.3) is 0 Å². The highest BCUT2D eigenvalue weighted by atomic mass is 16.5. The van der Waals surface area contributed by atoms with Crippen LogP contribution < -0.4 is 5.32 Å². The van der Waals surface area contributed by atoms with Crippen LogP contribution in [0.4, 0.5) is 0 Å². The molecule has 0 atom stereocenters. The largest absolute Gasteiger partial charge is 0.394 e. The number of unbranched alkanes of at least 4 members (excludes halogenated alkanes) is 11. The van der Waals surface area contributed by atoms with Crippen molar-refractivity contribution >= 4 is 0 Å². The fraction of sp³-hybridized carbons (Fsp3) is 0.923. The zero-order chi connectivity index (χ0) is 22.7. The number of allylic oxidation sites excluding steroid dienone is 2. The number of aliphatic hydroxyl groups is 2. The summed E-state index contributed by atoms with van der Waals surface area (Å²) in [5, 5.41) is 21.1. The summed E-state index contributed by atoms with van der Waals surface area (Å²) in [6.07, 6.45) is 22.9. The third kappa shape index (κ3) is 25.7. The molecule has 5 heteroatoms. The second-order valence-electron chi connectivity index (χ2n) is 8.54. The van der Waals surface area contributed by atoms with Gasteiger partial charge in [-0.2, -0.15) is 0 Å². The molecule has 5 nitrogen and oxygen atoms in total. The van der Waals surface area contributed by atoms with Crippen LogP contribution in [-0.4, -0.2) is 62.9 Å². The van der Waals surface area contributed by atoms with Gasteiger partial charge in [-0.1, -0.05) is 70.4 Å². The summed E-state index contributed by atoms with van der Waals surface area (Å²) < 4.78 is 10.9. The first kappa shape index (κ1) is 30.5. The third-order valence-electron chi connectivity index (χ3n) is 5.55. The van der Waals surface area contributed by atoms with Gasteiger partial charge in [0.2, 0.25) is 0 Å². The predicted octanol–water partition coefficient (Wildman–Crippen LogP) is 5.25. The van der Waals surface area contributed by atoms with Crippen molar-refractivity contribution in [1.82, 2.24) is 5.32 Å². The molecule has 186 valence electrons. The summed E-state index contributed by atoms with van der Waals surface area (Å²) in [7, 11) is 0. The maximum Gasteiger partial charge on any atom is 0.0697 e. The lowest BCUT2D eigenvalue weighted by Gasteiger charge is -2.17. The van der Waals surface area contributed by atoms with Gasteiger partial charge in [-0.25, -0.2) is 0 Å². The van der Waals surface area contributed by atoms with Gasteiger partial charge in [-0.3, -0.25) is 0 Å². The zero-order valence-corrected chi connectivity index (χ0v) is 20.5. The highest BCUT2D eigenvalue weighted by molar-refractivity contribution is 4.81. The Morgan fingerprint density at radius 1 is 0.677 bits per heavy atom. The summed E-state index contributed by atoms with van der Waals surface area (Å²) >= 11 is 0. The maximum absolute atomic E-state index is 8.84. The molecule has 0 bridgehead atoms. The van der Waals surface area contributed by atoms with Gasteiger partial charge >= 0.3 is 0 Å². The van der Waals surface area contributed by atoms with Gasteiger partial charge in [-0.15, -0.1) is 0 Å². The third-order valence-corrected chi connectivity index (χ3v) is 5.55. The molecule has 0 heterocycles. The summed E-state index contributed by atoms with van der Waals surface area (Å²) in [4.78, 5) is 0. The van der Waals surface area contributed by atoms with Crippen LogP contribution in [-0.2, 0) is 9.47 Å². The van der Waals surface area contributed by atoms with Crippen molar-refractivity contribution in [3.63, 3.8) is 0 Å². The van der Waals surface area contributed by atoms with Crippen LogP contribution in [0.1, 0.15) is 96.8 Å². The van der Waals surface area contributed by atoms with Crippen LogP contribution in [0.15, 0.2) is 12.2 Å². The molecule has 0 saturated carbocycles. The topological polar surface area (TPSA) is 71.0 Å². The van der Waals surface area contributed by atoms with Crippen LogP contribution in [0.2, 0.25) is 0 Å². The first-order valence-corrected chi connectivity index (χ1v) is 13.1. The molecule has 31 heavy (non-hydrogen) atoms. The van der Waals surface area contributed by atoms with E-state index < -0.39 is 0 Å². The minimum Gasteiger partial charge on any atom is -0.394 e. The van der Waals surface area contributed by atoms with Crippen molar-refractivity contribution in [2.45, 2.75) is 96.8 Å². The van der Waals surface area contributed by atoms with E-state index in [1.165, 1.54) is 90.0 Å². The van der Waals surface area contributed by atoms with Crippen molar-refractivity contribution in [1.29, 1.82) is 0 Å². The number of aliphatic hydroxyl groups excluding tert-OH is 2. The summed E-state index contributed by atoms with van der Waals surface area (Å²) in [6.45, 7) is 6.62. The molecule has 0 aliphatic rings. The standard InChI is InChI=1S/C26H53NO4/c1-2-27-19-17-15-13-11-9-7-5-3-4-6-8-10-12-14-16-18-26(24-30-22-20-28)25-31-23-21-29/h3-4,26-29H,2,5-25H2,1H3/b4-3-. The maximum atomic E-state index is 8.84. The molecule has 0 aromatic rings. The van der Waals surface area contributed by atoms with E-state index in [-0.39, 0.29) is 13.2 Å². The Morgan fingerprint density at radius 3 is 1.68 bits per heavy atom. The lowest BCUT2D eigenvalue weighted by molar-refractivity contribution is 0.0142. The Balaban J connectivity index is 3.41. The number of nitrogens with one attached hydrogen (secondary N) is 1. The minimum atomic E-state index is 0.0654. The van der Waals surface area contributed by atoms with E-state index in [0.717, 1.165) is 13.0 Å². The number of ether oxygens (including phenoxy) is 2. The average Bonchev–Trinajstić information content (AvgIpc) is 2.78. The molecular formula is C26H53NO4. The first-order valence-electron chi connectivity index (χ1n) is 13.1. The van der Waals surface area contributed by atoms with E-state index in [9.17, 15) is 0 Å². The van der Waals surface area contributed by atoms with E-state index in [4.69, 9.17) is 19.7 Å². The predicted molar refractivity (Wildman–Crippen MR) is 132 cm³/mol. The fourth-order valence-electron chi connectivity index (χ4n) is 3.70. The Kier molecular flexibility index (Phi) is 27.2. The van der Waals surface area contributed by atoms with Crippen LogP contribution in [0.3, 0.4) is 0 Å². The van der Waals surface area contributed by atoms with Gasteiger partial charge in [0.1, 0.15) is 0 Å². The highest BCUT2D eigenvalue weighted by Crippen LogP contribution is 2.14. The highest BCUT2D eigenvalue weighted by Gasteiger charge is 2.09. The van der Waals surface area contributed by atoms with E-state index in [0.29, 0.717) is 32.3 Å². The van der Waals surface area contributed by atoms with Crippen molar-refractivity contribution in [2.24, 2.45) is 5.92 Å². The Hall–Kier alpha value is -0.460. The van der Waals surface area contributed by atoms with E-state index in [1.807, 2.05) is 0 Å². The smallest absolute Gasteiger partial charge is 0.0697 e. The molecule has 0 saturated heterocycles. The number of hydrogen-bond donors (Lipinski definition) is 3. The average molecular weight is 444 g/mol. The van der Waals surface area contributed by atoms with Crippen molar-refractivity contribution in [2.75, 3.05) is 52.7 Å². The summed E-state index contributed by atoms with van der Waals surface area (Å²) in [5.41, 5.74) is 0. The monoisotopic (exact) mass is 443 g/mol. The molecular weight excluding hydrogens is 390 g/mol. The van der Waals surface area contributed by atoms with Crippen molar-refractivity contribution in [3.8, 4) is 0 Å². The van der Waals surface area contributed by atoms with Gasteiger partial charge in [0.25, 0.3) is 0 Å². The lowest BCUT2D eigenvalue weighted by Crippen LogP contribution is -2.18. The Labute approximate surface area is 193 Å². The van der Waals surface area contributed by atoms with Gasteiger partial charge < -0.3 is 25.0 Å². The molecule has 0 aromatic heterocycles. The second-order valence-corrected chi connectivity index (χ2v) is 8.54. The molecule has 3 N–H and O–H groups in total. The minimum absolute atomic E-state index is 0.0654. The summed E-state index contributed by atoms with van der Waals surface area (Å²) in [6, 6.07) is 0. The molecule has 0 aliphatic heterocycles. The molecule has 0 aromatic carbocycles. The quantitative estimate of drug-likeness (QED) is 0.126. The van der Waals surface area contributed by atoms with Gasteiger partial charge in [0.05, 0.1) is 39.6 Å². The first-order chi connectivity index (χ1) is 15.3. The van der Waals surface area contributed by atoms with Crippen LogP contribution in [0.5, 0.6) is 0 Å². The number of rotatable bonds is 26. The molecule has 0 fully saturated rings. The molecule has 0 rings (SSSR count). The Morgan fingerprint density at radius 2 is 1.16 bits per heavy atom. The fourth-order valence-corrected chi connectivity index (χ4v) is 3.70. The number of hydrogen-bond acceptors (Lipinski definition) is 5. The molecule has 0 radical (unpaired) electrons. The van der Waals surface area contributed by atoms with Crippen LogP contribution >= 0.6 is 0 Å². The molecule has 0 aliphatic carbocycles. The lowest BCUT2D eigenvalue weighted by atomic mass is 10.0. The molecule has 0 amide bonds. The normalized spacial score (nSPS) is 11.9. The second kappa shape index (κ2) is 27.6. The van der Waals surface area contributed by atoms with E-state index in [1.54, 1.807) is 0 Å². The van der Waals surface area contributed by atoms with Crippen molar-refractivity contribution in [3.05, 3.63) is 12.2 Å². The van der Waals surface area contributed by atoms with Gasteiger partial charge in [0.15, 0.2) is 0 Å². The van der Waals surface area contributed by atoms with Crippen molar-refractivity contribution < 1.29 is 19.7 Å². The molecule has 0 spiro atoms.